The van der Waals surface area contributed by atoms with E-state index in [4.69, 9.17) is 0 Å². The quantitative estimate of drug-likeness (QED) is 0.524. The summed E-state index contributed by atoms with van der Waals surface area (Å²) in [5.74, 6) is 0. The summed E-state index contributed by atoms with van der Waals surface area (Å²) < 4.78 is 0. The lowest BCUT2D eigenvalue weighted by atomic mass is 10.3. The lowest BCUT2D eigenvalue weighted by Gasteiger charge is -2.18. The maximum absolute atomic E-state index is 2.53. The Morgan fingerprint density at radius 1 is 1.11 bits per heavy atom. The van der Waals surface area contributed by atoms with Crippen LogP contribution in [0.15, 0.2) is 0 Å². The smallest absolute Gasteiger partial charge is 0.00385 e. The minimum Gasteiger partial charge on any atom is -0.301 e. The van der Waals surface area contributed by atoms with Gasteiger partial charge < -0.3 is 4.90 Å². The van der Waals surface area contributed by atoms with Gasteiger partial charge in [0.25, 0.3) is 0 Å². The summed E-state index contributed by atoms with van der Waals surface area (Å²) in [6.45, 7) is 7.20. The highest BCUT2D eigenvalue weighted by atomic mass is 15.2. The van der Waals surface area contributed by atoms with Crippen molar-refractivity contribution >= 4 is 0 Å². The van der Waals surface area contributed by atoms with Crippen LogP contribution < -0.4 is 0 Å². The molecule has 1 heterocycles. The first kappa shape index (κ1) is 8.96. The van der Waals surface area contributed by atoms with Crippen LogP contribution in [0.25, 0.3) is 0 Å². The van der Waals surface area contributed by atoms with Crippen molar-refractivity contribution in [3.8, 4) is 0 Å². The van der Waals surface area contributed by atoms with E-state index in [1.807, 2.05) is 0 Å². The normalized spacial score (nSPS) is 20.3. The van der Waals surface area contributed by atoms with E-state index in [0.29, 0.717) is 0 Å². The van der Waals surface area contributed by atoms with E-state index in [2.05, 4.69) is 18.7 Å². The van der Waals surface area contributed by atoms with Crippen molar-refractivity contribution in [1.29, 1.82) is 0 Å². The second kappa shape index (κ2) is 3.89. The highest BCUT2D eigenvalue weighted by molar-refractivity contribution is 4.68. The third-order valence-electron chi connectivity index (χ3n) is 1.87. The predicted octanol–water partition coefficient (Wildman–Crippen LogP) is 2.13. The third kappa shape index (κ3) is 2.35. The fourth-order valence-electron chi connectivity index (χ4n) is 1.26. The van der Waals surface area contributed by atoms with E-state index < -0.39 is 0 Å². The Bertz CT molecular complexity index is 63.0. The van der Waals surface area contributed by atoms with Crippen LogP contribution in [-0.2, 0) is 0 Å². The Balaban J connectivity index is 0.000000640. The Morgan fingerprint density at radius 3 is 1.78 bits per heavy atom. The molecular formula is C8H19N. The molecule has 1 nitrogen and oxygen atoms in total. The molecule has 0 saturated carbocycles. The summed E-state index contributed by atoms with van der Waals surface area (Å²) in [6, 6.07) is 0.775. The van der Waals surface area contributed by atoms with Gasteiger partial charge in [0.15, 0.2) is 0 Å². The van der Waals surface area contributed by atoms with Crippen LogP contribution in [0.2, 0.25) is 0 Å². The molecule has 1 aliphatic heterocycles. The molecule has 1 saturated heterocycles. The first-order valence-corrected chi connectivity index (χ1v) is 3.55. The van der Waals surface area contributed by atoms with Gasteiger partial charge in [0, 0.05) is 6.04 Å². The van der Waals surface area contributed by atoms with Gasteiger partial charge in [0.1, 0.15) is 0 Å². The van der Waals surface area contributed by atoms with Gasteiger partial charge >= 0.3 is 0 Å². The minimum atomic E-state index is 0. The molecule has 0 N–H and O–H groups in total. The highest BCUT2D eigenvalue weighted by Crippen LogP contribution is 2.09. The topological polar surface area (TPSA) is 3.24 Å². The lowest BCUT2D eigenvalue weighted by Crippen LogP contribution is -2.26. The number of hydrogen-bond donors (Lipinski definition) is 0. The molecule has 1 rings (SSSR count). The molecule has 0 bridgehead atoms. The molecule has 1 aliphatic rings. The summed E-state index contributed by atoms with van der Waals surface area (Å²) >= 11 is 0. The van der Waals surface area contributed by atoms with Crippen molar-refractivity contribution in [2.75, 3.05) is 13.1 Å². The molecule has 0 aromatic heterocycles. The molecule has 0 aliphatic carbocycles. The SMILES string of the molecule is C.CC(C)N1CCCC1. The zero-order valence-corrected chi connectivity index (χ0v) is 5.85. The molecule has 1 fully saturated rings. The standard InChI is InChI=1S/C7H15N.CH4/c1-7(2)8-5-3-4-6-8;/h7H,3-6H2,1-2H3;1H4. The summed E-state index contributed by atoms with van der Waals surface area (Å²) in [7, 11) is 0. The Kier molecular flexibility index (Phi) is 3.87. The van der Waals surface area contributed by atoms with E-state index in [9.17, 15) is 0 Å². The molecule has 0 aromatic carbocycles. The highest BCUT2D eigenvalue weighted by Gasteiger charge is 2.13. The predicted molar refractivity (Wildman–Crippen MR) is 42.7 cm³/mol. The van der Waals surface area contributed by atoms with Crippen LogP contribution in [0.1, 0.15) is 34.1 Å². The van der Waals surface area contributed by atoms with Crippen LogP contribution in [0, 0.1) is 0 Å². The second-order valence-electron chi connectivity index (χ2n) is 2.84. The number of hydrogen-bond acceptors (Lipinski definition) is 1. The molecule has 1 heteroatoms. The molecule has 9 heavy (non-hydrogen) atoms. The van der Waals surface area contributed by atoms with E-state index >= 15 is 0 Å². The van der Waals surface area contributed by atoms with E-state index in [-0.39, 0.29) is 7.43 Å². The lowest BCUT2D eigenvalue weighted by molar-refractivity contribution is 0.276. The molecule has 0 unspecified atom stereocenters. The van der Waals surface area contributed by atoms with Crippen LogP contribution in [0.3, 0.4) is 0 Å². The van der Waals surface area contributed by atoms with Gasteiger partial charge in [0.05, 0.1) is 0 Å². The zero-order chi connectivity index (χ0) is 5.98. The Hall–Kier alpha value is -0.0400. The second-order valence-corrected chi connectivity index (χ2v) is 2.84. The van der Waals surface area contributed by atoms with Gasteiger partial charge in [-0.1, -0.05) is 7.43 Å². The van der Waals surface area contributed by atoms with Crippen LogP contribution in [0.5, 0.6) is 0 Å². The van der Waals surface area contributed by atoms with Crippen molar-refractivity contribution in [3.63, 3.8) is 0 Å². The van der Waals surface area contributed by atoms with Gasteiger partial charge in [-0.25, -0.2) is 0 Å². The van der Waals surface area contributed by atoms with Crippen molar-refractivity contribution < 1.29 is 0 Å². The molecule has 56 valence electrons. The molecule has 0 amide bonds. The summed E-state index contributed by atoms with van der Waals surface area (Å²) in [5, 5.41) is 0. The first-order chi connectivity index (χ1) is 3.80. The van der Waals surface area contributed by atoms with Crippen LogP contribution in [0.4, 0.5) is 0 Å². The molecule has 0 radical (unpaired) electrons. The van der Waals surface area contributed by atoms with Crippen molar-refractivity contribution in [3.05, 3.63) is 0 Å². The minimum absolute atomic E-state index is 0. The van der Waals surface area contributed by atoms with Crippen molar-refractivity contribution in [1.82, 2.24) is 4.90 Å². The number of nitrogens with zero attached hydrogens (tertiary/aromatic N) is 1. The summed E-state index contributed by atoms with van der Waals surface area (Å²) in [6.07, 6.45) is 2.83. The van der Waals surface area contributed by atoms with Gasteiger partial charge in [-0.3, -0.25) is 0 Å². The van der Waals surface area contributed by atoms with Gasteiger partial charge in [-0.2, -0.15) is 0 Å². The largest absolute Gasteiger partial charge is 0.301 e. The maximum Gasteiger partial charge on any atom is 0.00385 e. The first-order valence-electron chi connectivity index (χ1n) is 3.55. The average molecular weight is 129 g/mol. The van der Waals surface area contributed by atoms with Gasteiger partial charge in [-0.15, -0.1) is 0 Å². The molecular weight excluding hydrogens is 110 g/mol. The molecule has 0 atom stereocenters. The van der Waals surface area contributed by atoms with E-state index in [1.54, 1.807) is 0 Å². The van der Waals surface area contributed by atoms with Crippen LogP contribution >= 0.6 is 0 Å². The fourth-order valence-corrected chi connectivity index (χ4v) is 1.26. The maximum atomic E-state index is 2.53. The van der Waals surface area contributed by atoms with E-state index in [1.165, 1.54) is 25.9 Å². The number of likely N-dealkylation sites (tertiary alicyclic amines) is 1. The molecule has 0 spiro atoms. The Labute approximate surface area is 59.1 Å². The van der Waals surface area contributed by atoms with Gasteiger partial charge in [0.2, 0.25) is 0 Å². The zero-order valence-electron chi connectivity index (χ0n) is 5.85. The third-order valence-corrected chi connectivity index (χ3v) is 1.87. The number of rotatable bonds is 1. The van der Waals surface area contributed by atoms with Crippen molar-refractivity contribution in [2.24, 2.45) is 0 Å². The van der Waals surface area contributed by atoms with Gasteiger partial charge in [-0.05, 0) is 39.8 Å². The molecule has 0 aromatic rings. The monoisotopic (exact) mass is 129 g/mol. The Morgan fingerprint density at radius 2 is 1.56 bits per heavy atom. The fraction of sp³-hybridized carbons (Fsp3) is 1.00. The summed E-state index contributed by atoms with van der Waals surface area (Å²) in [4.78, 5) is 2.53. The average Bonchev–Trinajstić information content (AvgIpc) is 2.12. The van der Waals surface area contributed by atoms with E-state index in [0.717, 1.165) is 6.04 Å². The van der Waals surface area contributed by atoms with Crippen molar-refractivity contribution in [2.45, 2.75) is 40.2 Å². The van der Waals surface area contributed by atoms with Crippen LogP contribution in [-0.4, -0.2) is 24.0 Å². The summed E-state index contributed by atoms with van der Waals surface area (Å²) in [5.41, 5.74) is 0.